The monoisotopic (exact) mass is 830 g/mol. The summed E-state index contributed by atoms with van der Waals surface area (Å²) in [5, 5.41) is 4.88. The van der Waals surface area contributed by atoms with Gasteiger partial charge in [-0.05, 0) is 108 Å². The highest BCUT2D eigenvalue weighted by molar-refractivity contribution is 7.27. The number of ether oxygens (including phenoxy) is 2. The molecule has 4 nitrogen and oxygen atoms in total. The second-order valence-corrected chi connectivity index (χ2v) is 18.2. The van der Waals surface area contributed by atoms with Crippen molar-refractivity contribution in [1.29, 1.82) is 0 Å². The van der Waals surface area contributed by atoms with Gasteiger partial charge in [-0.1, -0.05) is 109 Å². The van der Waals surface area contributed by atoms with E-state index in [1.165, 1.54) is 51.3 Å². The quantitative estimate of drug-likeness (QED) is 0.156. The van der Waals surface area contributed by atoms with Gasteiger partial charge in [-0.3, -0.25) is 0 Å². The molecular weight excluding hydrogens is 796 g/mol. The van der Waals surface area contributed by atoms with Gasteiger partial charge in [0.2, 0.25) is 0 Å². The Bertz CT molecular complexity index is 3240. The first-order chi connectivity index (χ1) is 30.6. The average Bonchev–Trinajstić information content (AvgIpc) is 3.89. The molecule has 0 spiro atoms. The number of hydrogen-bond acceptors (Lipinski definition) is 6. The van der Waals surface area contributed by atoms with Crippen LogP contribution in [0.5, 0.6) is 23.0 Å². The summed E-state index contributed by atoms with van der Waals surface area (Å²) in [5.74, 6) is 3.63. The molecule has 62 heavy (non-hydrogen) atoms. The van der Waals surface area contributed by atoms with Crippen molar-refractivity contribution in [3.05, 3.63) is 200 Å². The largest absolute Gasteiger partial charge is 0.457 e. The molecule has 11 aromatic rings. The maximum Gasteiger partial charge on any atom is 0.260 e. The molecule has 0 atom stereocenters. The number of hydrogen-bond donors (Lipinski definition) is 0. The van der Waals surface area contributed by atoms with Crippen LogP contribution >= 0.6 is 22.7 Å². The van der Waals surface area contributed by atoms with Crippen LogP contribution < -0.4 is 35.7 Å². The highest BCUT2D eigenvalue weighted by atomic mass is 32.1. The first kappa shape index (κ1) is 35.4. The number of nitrogens with zero attached hydrogens (tertiary/aromatic N) is 2. The van der Waals surface area contributed by atoms with Crippen LogP contribution in [0.4, 0.5) is 34.1 Å². The fraction of sp³-hybridized carbons (Fsp3) is 0.0182. The summed E-state index contributed by atoms with van der Waals surface area (Å²) < 4.78 is 18.9. The van der Waals surface area contributed by atoms with Gasteiger partial charge in [0.1, 0.15) is 23.0 Å². The van der Waals surface area contributed by atoms with Crippen molar-refractivity contribution in [2.24, 2.45) is 0 Å². The van der Waals surface area contributed by atoms with E-state index >= 15 is 0 Å². The van der Waals surface area contributed by atoms with Gasteiger partial charge < -0.3 is 19.3 Å². The van der Waals surface area contributed by atoms with Gasteiger partial charge in [0.25, 0.3) is 6.71 Å². The summed E-state index contributed by atoms with van der Waals surface area (Å²) >= 11 is 3.63. The third-order valence-corrected chi connectivity index (χ3v) is 14.7. The van der Waals surface area contributed by atoms with Gasteiger partial charge >= 0.3 is 0 Å². The maximum atomic E-state index is 7.04. The predicted molar refractivity (Wildman–Crippen MR) is 264 cm³/mol. The lowest BCUT2D eigenvalue weighted by molar-refractivity contribution is 0.470. The number of para-hydroxylation sites is 4. The molecule has 0 unspecified atom stereocenters. The van der Waals surface area contributed by atoms with E-state index in [1.807, 2.05) is 22.7 Å². The van der Waals surface area contributed by atoms with Crippen molar-refractivity contribution in [2.45, 2.75) is 6.92 Å². The van der Waals surface area contributed by atoms with Crippen LogP contribution in [0, 0.1) is 6.92 Å². The van der Waals surface area contributed by atoms with Crippen LogP contribution in [0.15, 0.2) is 194 Å². The van der Waals surface area contributed by atoms with Crippen molar-refractivity contribution >= 4 is 120 Å². The number of fused-ring (bicyclic) bond motifs is 12. The fourth-order valence-electron chi connectivity index (χ4n) is 9.67. The van der Waals surface area contributed by atoms with Gasteiger partial charge in [-0.15, -0.1) is 22.7 Å². The zero-order valence-corrected chi connectivity index (χ0v) is 35.2. The Morgan fingerprint density at radius 1 is 0.387 bits per heavy atom. The van der Waals surface area contributed by atoms with Gasteiger partial charge in [-0.25, -0.2) is 0 Å². The Hall–Kier alpha value is -7.32. The smallest absolute Gasteiger partial charge is 0.260 e. The molecule has 0 radical (unpaired) electrons. The lowest BCUT2D eigenvalue weighted by atomic mass is 9.35. The molecule has 7 heteroatoms. The maximum absolute atomic E-state index is 7.04. The summed E-state index contributed by atoms with van der Waals surface area (Å²) in [7, 11) is 0. The van der Waals surface area contributed by atoms with E-state index < -0.39 is 0 Å². The second-order valence-electron chi connectivity index (χ2n) is 16.1. The van der Waals surface area contributed by atoms with Gasteiger partial charge in [0, 0.05) is 70.5 Å². The van der Waals surface area contributed by atoms with E-state index in [1.54, 1.807) is 0 Å². The number of thiophene rings is 2. The standard InChI is InChI=1S/C55H35BN2O2S2/c1-34-30-47-51-48(31-34)60-53-46(29-27-44-42-25-23-40(33-50(42)62-55(44)53)58(37-18-10-4-11-19-37)38-20-12-5-13-21-38)56(51)45-28-26-43-41-24-22-39(32-49(41)61-54(43)52(45)59-47)57(35-14-6-2-7-15-35)36-16-8-3-9-17-36/h2-33H,1H3. The number of rotatable bonds is 6. The zero-order valence-electron chi connectivity index (χ0n) is 33.6. The van der Waals surface area contributed by atoms with E-state index in [0.29, 0.717) is 0 Å². The molecule has 292 valence electrons. The highest BCUT2D eigenvalue weighted by Gasteiger charge is 2.42. The van der Waals surface area contributed by atoms with E-state index in [9.17, 15) is 0 Å². The third kappa shape index (κ3) is 5.45. The third-order valence-electron chi connectivity index (χ3n) is 12.4. The Labute approximate surface area is 367 Å². The summed E-state index contributed by atoms with van der Waals surface area (Å²) in [4.78, 5) is 4.65. The van der Waals surface area contributed by atoms with Crippen molar-refractivity contribution in [1.82, 2.24) is 0 Å². The Morgan fingerprint density at radius 2 is 0.758 bits per heavy atom. The van der Waals surface area contributed by atoms with E-state index in [2.05, 4.69) is 211 Å². The summed E-state index contributed by atoms with van der Waals surface area (Å²) in [6, 6.07) is 69.7. The van der Waals surface area contributed by atoms with Crippen molar-refractivity contribution in [3.63, 3.8) is 0 Å². The molecule has 0 saturated heterocycles. The average molecular weight is 831 g/mol. The van der Waals surface area contributed by atoms with Crippen molar-refractivity contribution in [2.75, 3.05) is 9.80 Å². The molecule has 0 amide bonds. The Balaban J connectivity index is 0.960. The van der Waals surface area contributed by atoms with Gasteiger partial charge in [0.05, 0.1) is 9.40 Å². The van der Waals surface area contributed by atoms with Crippen LogP contribution in [0.25, 0.3) is 40.3 Å². The topological polar surface area (TPSA) is 24.9 Å². The lowest BCUT2D eigenvalue weighted by Gasteiger charge is -2.33. The van der Waals surface area contributed by atoms with Crippen molar-refractivity contribution in [3.8, 4) is 23.0 Å². The molecule has 9 aromatic carbocycles. The molecular formula is C55H35BN2O2S2. The van der Waals surface area contributed by atoms with Crippen LogP contribution in [0.3, 0.4) is 0 Å². The van der Waals surface area contributed by atoms with E-state index in [0.717, 1.165) is 68.1 Å². The molecule has 0 bridgehead atoms. The van der Waals surface area contributed by atoms with Gasteiger partial charge in [-0.2, -0.15) is 0 Å². The molecule has 2 aromatic heterocycles. The Kier molecular flexibility index (Phi) is 7.92. The Morgan fingerprint density at radius 3 is 1.15 bits per heavy atom. The predicted octanol–water partition coefficient (Wildman–Crippen LogP) is 14.4. The van der Waals surface area contributed by atoms with E-state index in [-0.39, 0.29) is 6.71 Å². The van der Waals surface area contributed by atoms with Gasteiger partial charge in [0.15, 0.2) is 0 Å². The van der Waals surface area contributed by atoms with Crippen molar-refractivity contribution < 1.29 is 9.47 Å². The van der Waals surface area contributed by atoms with Crippen LogP contribution in [0.2, 0.25) is 0 Å². The SMILES string of the molecule is Cc1cc2c3c(c1)Oc1c(ccc4c1sc1cc(N(c5ccccc5)c5ccccc5)ccc14)B3c1ccc3c(sc4cc(N(c5ccccc5)c5ccccc5)ccc43)c1O2. The summed E-state index contributed by atoms with van der Waals surface area (Å²) in [6.07, 6.45) is 0. The number of aryl methyl sites for hydroxylation is 1. The molecule has 0 fully saturated rings. The summed E-state index contributed by atoms with van der Waals surface area (Å²) in [6.45, 7) is 2.09. The first-order valence-corrected chi connectivity index (χ1v) is 22.6. The molecule has 0 N–H and O–H groups in total. The number of anilines is 6. The second kappa shape index (κ2) is 13.9. The first-order valence-electron chi connectivity index (χ1n) is 20.9. The molecule has 0 saturated carbocycles. The minimum atomic E-state index is -0.0400. The van der Waals surface area contributed by atoms with E-state index in [4.69, 9.17) is 9.47 Å². The number of benzene rings is 9. The van der Waals surface area contributed by atoms with Crippen LogP contribution in [-0.2, 0) is 0 Å². The summed E-state index contributed by atoms with van der Waals surface area (Å²) in [5.41, 5.74) is 11.3. The minimum absolute atomic E-state index is 0.0400. The lowest BCUT2D eigenvalue weighted by Crippen LogP contribution is -2.57. The fourth-order valence-corrected chi connectivity index (χ4v) is 12.1. The molecule has 2 aliphatic heterocycles. The molecule has 0 aliphatic carbocycles. The molecule has 13 rings (SSSR count). The molecule has 2 aliphatic rings. The van der Waals surface area contributed by atoms with Crippen LogP contribution in [0.1, 0.15) is 5.56 Å². The normalized spacial score (nSPS) is 12.5. The minimum Gasteiger partial charge on any atom is -0.457 e. The zero-order chi connectivity index (χ0) is 40.9. The van der Waals surface area contributed by atoms with Crippen LogP contribution in [-0.4, -0.2) is 6.71 Å². The molecule has 4 heterocycles. The highest BCUT2D eigenvalue weighted by Crippen LogP contribution is 2.48.